The number of Topliss-reactive ketones (excluding diaryl/α,β-unsaturated/α-hetero) is 1. The molecule has 0 radical (unpaired) electrons. The van der Waals surface area contributed by atoms with Crippen molar-refractivity contribution < 1.29 is 44.5 Å². The number of hydrogen-bond acceptors (Lipinski definition) is 9. The van der Waals surface area contributed by atoms with Crippen molar-refractivity contribution in [1.29, 1.82) is 0 Å². The van der Waals surface area contributed by atoms with E-state index in [9.17, 15) is 30.3 Å². The number of carbonyl (C=O) groups is 1. The minimum Gasteiger partial charge on any atom is -0.392 e. The molecule has 9 nitrogen and oxygen atoms in total. The van der Waals surface area contributed by atoms with Gasteiger partial charge in [-0.2, -0.15) is 0 Å². The van der Waals surface area contributed by atoms with Crippen LogP contribution in [0.15, 0.2) is 0 Å². The zero-order valence-corrected chi connectivity index (χ0v) is 30.7. The maximum absolute atomic E-state index is 14.2. The molecule has 46 heavy (non-hydrogen) atoms. The molecule has 3 saturated heterocycles. The fraction of sp³-hybridized carbons (Fsp3) is 0.973. The Hall–Kier alpha value is -0.650. The lowest BCUT2D eigenvalue weighted by atomic mass is 9.71. The van der Waals surface area contributed by atoms with Gasteiger partial charge in [-0.15, -0.1) is 0 Å². The average Bonchev–Trinajstić information content (AvgIpc) is 3.48. The van der Waals surface area contributed by atoms with Gasteiger partial charge in [-0.3, -0.25) is 4.79 Å². The van der Waals surface area contributed by atoms with E-state index in [1.165, 1.54) is 0 Å². The Kier molecular flexibility index (Phi) is 13.0. The Morgan fingerprint density at radius 3 is 2.09 bits per heavy atom. The summed E-state index contributed by atoms with van der Waals surface area (Å²) < 4.78 is 19.6. The molecule has 9 heteroatoms. The highest BCUT2D eigenvalue weighted by atomic mass is 16.7. The largest absolute Gasteiger partial charge is 0.392 e. The van der Waals surface area contributed by atoms with Gasteiger partial charge in [0.15, 0.2) is 11.6 Å². The minimum atomic E-state index is -1.64. The maximum Gasteiger partial charge on any atom is 0.198 e. The standard InChI is InChI=1S/C37H68O9/c1-12-17-28(38)35(16-5)20-22(7)37(43,46-35)34(11)19-21(6)32(44-34)26(14-3)30(40)23(8)29(39)24(9)33-27(15-4)31(41)25(10)36(42,45-33)18-13-2/h21-29,31-33,38-39,41-43H,12-20H2,1-11H3/t21-,22+,23-,24-,25-,26-,27-,28-,29+,31-,32-,33+,34-,35+,36-,37+/m0/s1. The first-order valence-electron chi connectivity index (χ1n) is 18.5. The van der Waals surface area contributed by atoms with Crippen molar-refractivity contribution in [3.63, 3.8) is 0 Å². The molecule has 0 aliphatic carbocycles. The highest BCUT2D eigenvalue weighted by Crippen LogP contribution is 2.56. The van der Waals surface area contributed by atoms with E-state index in [4.69, 9.17) is 14.2 Å². The molecule has 3 aliphatic rings. The molecule has 0 aromatic rings. The summed E-state index contributed by atoms with van der Waals surface area (Å²) in [6.07, 6.45) is 1.43. The van der Waals surface area contributed by atoms with Crippen LogP contribution < -0.4 is 0 Å². The number of aliphatic hydroxyl groups excluding tert-OH is 3. The van der Waals surface area contributed by atoms with Crippen LogP contribution in [0.4, 0.5) is 0 Å². The molecule has 16 atom stereocenters. The first-order valence-corrected chi connectivity index (χ1v) is 18.5. The van der Waals surface area contributed by atoms with Gasteiger partial charge in [0, 0.05) is 41.9 Å². The molecule has 0 saturated carbocycles. The zero-order valence-electron chi connectivity index (χ0n) is 30.7. The van der Waals surface area contributed by atoms with E-state index in [0.717, 1.165) is 6.42 Å². The van der Waals surface area contributed by atoms with Crippen molar-refractivity contribution >= 4 is 5.78 Å². The molecule has 0 amide bonds. The fourth-order valence-corrected chi connectivity index (χ4v) is 9.46. The van der Waals surface area contributed by atoms with E-state index in [1.54, 1.807) is 13.8 Å². The van der Waals surface area contributed by atoms with Crippen LogP contribution in [-0.2, 0) is 19.0 Å². The maximum atomic E-state index is 14.2. The van der Waals surface area contributed by atoms with Crippen LogP contribution >= 0.6 is 0 Å². The predicted octanol–water partition coefficient (Wildman–Crippen LogP) is 5.36. The third kappa shape index (κ3) is 6.87. The van der Waals surface area contributed by atoms with E-state index < -0.39 is 77.0 Å². The molecule has 5 N–H and O–H groups in total. The van der Waals surface area contributed by atoms with Gasteiger partial charge in [-0.25, -0.2) is 0 Å². The Labute approximate surface area is 278 Å². The van der Waals surface area contributed by atoms with Gasteiger partial charge in [-0.05, 0) is 51.4 Å². The average molecular weight is 657 g/mol. The van der Waals surface area contributed by atoms with E-state index in [2.05, 4.69) is 0 Å². The topological polar surface area (TPSA) is 146 Å². The molecular weight excluding hydrogens is 588 g/mol. The number of aliphatic hydroxyl groups is 5. The van der Waals surface area contributed by atoms with Crippen molar-refractivity contribution in [2.45, 2.75) is 187 Å². The van der Waals surface area contributed by atoms with Crippen molar-refractivity contribution in [1.82, 2.24) is 0 Å². The SMILES string of the molecule is CCC[C@H](O)[C@@]1(CC)C[C@@H](C)[C@](O)([C@]2(C)C[C@H](C)[C@@H]([C@@H](CC)C(=O)[C@@H](C)[C@@H](O)[C@H](C)[C@H]3O[C@@](O)(CCC)[C@@H](C)[C@H](O)[C@@H]3CC)O2)O1. The second-order valence-electron chi connectivity index (χ2n) is 15.7. The lowest BCUT2D eigenvalue weighted by Crippen LogP contribution is -2.60. The van der Waals surface area contributed by atoms with Crippen LogP contribution in [0.25, 0.3) is 0 Å². The zero-order chi connectivity index (χ0) is 35.0. The van der Waals surface area contributed by atoms with Gasteiger partial charge in [-0.1, -0.05) is 82.1 Å². The summed E-state index contributed by atoms with van der Waals surface area (Å²) in [7, 11) is 0. The number of ether oxygens (including phenoxy) is 3. The summed E-state index contributed by atoms with van der Waals surface area (Å²) in [5.74, 6) is -6.17. The highest BCUT2D eigenvalue weighted by Gasteiger charge is 2.67. The lowest BCUT2D eigenvalue weighted by molar-refractivity contribution is -0.334. The normalized spacial score (nSPS) is 44.9. The van der Waals surface area contributed by atoms with Gasteiger partial charge >= 0.3 is 0 Å². The summed E-state index contributed by atoms with van der Waals surface area (Å²) in [5, 5.41) is 57.5. The van der Waals surface area contributed by atoms with Crippen molar-refractivity contribution in [3.8, 4) is 0 Å². The van der Waals surface area contributed by atoms with Gasteiger partial charge in [0.2, 0.25) is 0 Å². The number of carbonyl (C=O) groups excluding carboxylic acids is 1. The Balaban J connectivity index is 1.82. The fourth-order valence-electron chi connectivity index (χ4n) is 9.46. The molecule has 3 heterocycles. The first-order chi connectivity index (χ1) is 21.4. The van der Waals surface area contributed by atoms with Crippen LogP contribution in [0.5, 0.6) is 0 Å². The second-order valence-corrected chi connectivity index (χ2v) is 15.7. The molecule has 3 aliphatic heterocycles. The first kappa shape index (κ1) is 39.8. The second kappa shape index (κ2) is 15.1. The summed E-state index contributed by atoms with van der Waals surface area (Å²) in [5.41, 5.74) is -1.96. The van der Waals surface area contributed by atoms with Crippen molar-refractivity contribution in [2.24, 2.45) is 41.4 Å². The van der Waals surface area contributed by atoms with Crippen LogP contribution in [-0.4, -0.2) is 84.6 Å². The quantitative estimate of drug-likeness (QED) is 0.157. The van der Waals surface area contributed by atoms with Gasteiger partial charge in [0.25, 0.3) is 0 Å². The van der Waals surface area contributed by atoms with Crippen molar-refractivity contribution in [2.75, 3.05) is 0 Å². The molecule has 0 bridgehead atoms. The molecular formula is C37H68O9. The molecule has 0 unspecified atom stereocenters. The monoisotopic (exact) mass is 656 g/mol. The number of hydrogen-bond donors (Lipinski definition) is 5. The summed E-state index contributed by atoms with van der Waals surface area (Å²) in [6, 6.07) is 0. The molecule has 0 aromatic carbocycles. The Morgan fingerprint density at radius 2 is 1.57 bits per heavy atom. The third-order valence-corrected chi connectivity index (χ3v) is 12.6. The summed E-state index contributed by atoms with van der Waals surface area (Å²) in [4.78, 5) is 14.2. The van der Waals surface area contributed by atoms with Crippen LogP contribution in [0.2, 0.25) is 0 Å². The van der Waals surface area contributed by atoms with E-state index in [0.29, 0.717) is 51.4 Å². The summed E-state index contributed by atoms with van der Waals surface area (Å²) in [6.45, 7) is 21.1. The Bertz CT molecular complexity index is 1010. The van der Waals surface area contributed by atoms with Crippen LogP contribution in [0.1, 0.15) is 134 Å². The van der Waals surface area contributed by atoms with Crippen LogP contribution in [0, 0.1) is 41.4 Å². The van der Waals surface area contributed by atoms with E-state index in [-0.39, 0.29) is 23.5 Å². The smallest absolute Gasteiger partial charge is 0.198 e. The van der Waals surface area contributed by atoms with Crippen LogP contribution in [0.3, 0.4) is 0 Å². The van der Waals surface area contributed by atoms with Gasteiger partial charge in [0.05, 0.1) is 36.1 Å². The molecule has 0 aromatic heterocycles. The number of ketones is 1. The molecule has 270 valence electrons. The predicted molar refractivity (Wildman–Crippen MR) is 178 cm³/mol. The summed E-state index contributed by atoms with van der Waals surface area (Å²) >= 11 is 0. The minimum absolute atomic E-state index is 0.0653. The number of rotatable bonds is 15. The third-order valence-electron chi connectivity index (χ3n) is 12.6. The van der Waals surface area contributed by atoms with Gasteiger partial charge in [0.1, 0.15) is 11.4 Å². The lowest BCUT2D eigenvalue weighted by Gasteiger charge is -2.51. The molecule has 0 spiro atoms. The van der Waals surface area contributed by atoms with Gasteiger partial charge < -0.3 is 39.7 Å². The van der Waals surface area contributed by atoms with E-state index in [1.807, 2.05) is 62.3 Å². The molecule has 3 rings (SSSR count). The van der Waals surface area contributed by atoms with E-state index >= 15 is 0 Å². The molecule has 3 fully saturated rings. The highest BCUT2D eigenvalue weighted by molar-refractivity contribution is 5.84. The Morgan fingerprint density at radius 1 is 0.935 bits per heavy atom. The van der Waals surface area contributed by atoms with Crippen molar-refractivity contribution in [3.05, 3.63) is 0 Å².